The highest BCUT2D eigenvalue weighted by molar-refractivity contribution is 6.31. The number of aromatic nitrogens is 1. The number of aryl methyl sites for hydroxylation is 1. The molecule has 2 rings (SSSR count). The van der Waals surface area contributed by atoms with Crippen LogP contribution in [0.3, 0.4) is 0 Å². The second-order valence-corrected chi connectivity index (χ2v) is 6.18. The monoisotopic (exact) mass is 306 g/mol. The Morgan fingerprint density at radius 1 is 1.14 bits per heavy atom. The van der Waals surface area contributed by atoms with Crippen LogP contribution in [-0.2, 0) is 0 Å². The number of ether oxygens (including phenoxy) is 2. The van der Waals surface area contributed by atoms with E-state index in [1.54, 1.807) is 24.3 Å². The summed E-state index contributed by atoms with van der Waals surface area (Å²) in [5, 5.41) is 0.698. The van der Waals surface area contributed by atoms with Gasteiger partial charge in [0.15, 0.2) is 0 Å². The first-order valence-electron chi connectivity index (χ1n) is 6.64. The number of halogens is 1. The summed E-state index contributed by atoms with van der Waals surface area (Å²) in [6, 6.07) is 8.85. The van der Waals surface area contributed by atoms with Gasteiger partial charge in [-0.3, -0.25) is 0 Å². The highest BCUT2D eigenvalue weighted by atomic mass is 35.5. The summed E-state index contributed by atoms with van der Waals surface area (Å²) in [6.45, 7) is 7.72. The summed E-state index contributed by atoms with van der Waals surface area (Å²) in [4.78, 5) is 4.30. The number of anilines is 1. The van der Waals surface area contributed by atoms with E-state index in [0.717, 1.165) is 5.56 Å². The molecule has 2 N–H and O–H groups in total. The first kappa shape index (κ1) is 15.4. The first-order valence-corrected chi connectivity index (χ1v) is 7.02. The normalized spacial score (nSPS) is 11.3. The lowest BCUT2D eigenvalue weighted by Crippen LogP contribution is -2.24. The molecule has 4 nitrogen and oxygen atoms in total. The van der Waals surface area contributed by atoms with Crippen LogP contribution < -0.4 is 15.2 Å². The minimum Gasteiger partial charge on any atom is -0.470 e. The molecule has 1 heterocycles. The summed E-state index contributed by atoms with van der Waals surface area (Å²) in [5.41, 5.74) is 6.91. The van der Waals surface area contributed by atoms with E-state index in [4.69, 9.17) is 26.8 Å². The van der Waals surface area contributed by atoms with Crippen molar-refractivity contribution in [2.24, 2.45) is 0 Å². The third-order valence-electron chi connectivity index (χ3n) is 2.62. The van der Waals surface area contributed by atoms with E-state index >= 15 is 0 Å². The third-order valence-corrected chi connectivity index (χ3v) is 3.04. The number of nitrogens with two attached hydrogens (primary N) is 1. The summed E-state index contributed by atoms with van der Waals surface area (Å²) in [5.74, 6) is 1.45. The average molecular weight is 307 g/mol. The van der Waals surface area contributed by atoms with E-state index in [-0.39, 0.29) is 5.60 Å². The molecule has 0 saturated carbocycles. The second kappa shape index (κ2) is 5.82. The second-order valence-electron chi connectivity index (χ2n) is 5.77. The molecule has 5 heteroatoms. The van der Waals surface area contributed by atoms with E-state index in [0.29, 0.717) is 28.2 Å². The summed E-state index contributed by atoms with van der Waals surface area (Å²) >= 11 is 5.99. The topological polar surface area (TPSA) is 57.4 Å². The largest absolute Gasteiger partial charge is 0.470 e. The number of nitrogens with zero attached hydrogens (tertiary/aromatic N) is 1. The Kier molecular flexibility index (Phi) is 4.28. The number of nitrogen functional groups attached to an aromatic ring is 1. The Bertz CT molecular complexity index is 651. The lowest BCUT2D eigenvalue weighted by atomic mass is 10.2. The van der Waals surface area contributed by atoms with Crippen molar-refractivity contribution in [3.05, 3.63) is 40.9 Å². The van der Waals surface area contributed by atoms with E-state index in [1.165, 1.54) is 0 Å². The first-order chi connectivity index (χ1) is 9.74. The molecule has 0 atom stereocenters. The van der Waals surface area contributed by atoms with Crippen LogP contribution in [0.4, 0.5) is 5.69 Å². The molecule has 0 radical (unpaired) electrons. The Morgan fingerprint density at radius 3 is 2.48 bits per heavy atom. The summed E-state index contributed by atoms with van der Waals surface area (Å²) < 4.78 is 11.4. The summed E-state index contributed by atoms with van der Waals surface area (Å²) in [7, 11) is 0. The van der Waals surface area contributed by atoms with Crippen molar-refractivity contribution in [3.63, 3.8) is 0 Å². The van der Waals surface area contributed by atoms with Crippen molar-refractivity contribution >= 4 is 17.3 Å². The molecule has 0 aliphatic carbocycles. The predicted octanol–water partition coefficient (Wildman–Crippen LogP) is 4.60. The average Bonchev–Trinajstić information content (AvgIpc) is 2.36. The number of hydrogen-bond acceptors (Lipinski definition) is 4. The molecule has 1 aromatic heterocycles. The Labute approximate surface area is 129 Å². The van der Waals surface area contributed by atoms with Crippen molar-refractivity contribution in [1.82, 2.24) is 4.98 Å². The maximum atomic E-state index is 5.99. The SMILES string of the molecule is Cc1cc(Oc2ccc(N)c(OC(C)(C)C)n2)ccc1Cl. The van der Waals surface area contributed by atoms with Gasteiger partial charge in [0.2, 0.25) is 11.8 Å². The molecule has 0 aliphatic rings. The zero-order valence-corrected chi connectivity index (χ0v) is 13.4. The molecule has 0 unspecified atom stereocenters. The van der Waals surface area contributed by atoms with Gasteiger partial charge in [0.25, 0.3) is 0 Å². The van der Waals surface area contributed by atoms with Crippen molar-refractivity contribution in [3.8, 4) is 17.5 Å². The van der Waals surface area contributed by atoms with Crippen LogP contribution in [0.1, 0.15) is 26.3 Å². The van der Waals surface area contributed by atoms with Crippen LogP contribution in [-0.4, -0.2) is 10.6 Å². The van der Waals surface area contributed by atoms with Gasteiger partial charge >= 0.3 is 0 Å². The number of pyridine rings is 1. The Morgan fingerprint density at radius 2 is 1.86 bits per heavy atom. The number of benzene rings is 1. The van der Waals surface area contributed by atoms with E-state index in [1.807, 2.05) is 33.8 Å². The minimum absolute atomic E-state index is 0.366. The molecule has 0 spiro atoms. The Hall–Kier alpha value is -1.94. The van der Waals surface area contributed by atoms with Crippen LogP contribution >= 0.6 is 11.6 Å². The number of hydrogen-bond donors (Lipinski definition) is 1. The van der Waals surface area contributed by atoms with Gasteiger partial charge in [0.1, 0.15) is 11.4 Å². The van der Waals surface area contributed by atoms with Crippen LogP contribution in [0, 0.1) is 6.92 Å². The zero-order chi connectivity index (χ0) is 15.6. The fourth-order valence-electron chi connectivity index (χ4n) is 1.66. The molecular formula is C16H19ClN2O2. The third kappa shape index (κ3) is 4.26. The van der Waals surface area contributed by atoms with E-state index < -0.39 is 0 Å². The zero-order valence-electron chi connectivity index (χ0n) is 12.6. The molecule has 0 amide bonds. The molecule has 112 valence electrons. The fourth-order valence-corrected chi connectivity index (χ4v) is 1.78. The van der Waals surface area contributed by atoms with Crippen molar-refractivity contribution in [1.29, 1.82) is 0 Å². The van der Waals surface area contributed by atoms with Crippen molar-refractivity contribution in [2.75, 3.05) is 5.73 Å². The van der Waals surface area contributed by atoms with Crippen LogP contribution in [0.25, 0.3) is 0 Å². The molecule has 2 aromatic rings. The molecule has 0 saturated heterocycles. The van der Waals surface area contributed by atoms with Gasteiger partial charge in [-0.25, -0.2) is 0 Å². The van der Waals surface area contributed by atoms with Gasteiger partial charge in [-0.15, -0.1) is 0 Å². The van der Waals surface area contributed by atoms with E-state index in [9.17, 15) is 0 Å². The maximum absolute atomic E-state index is 5.99. The molecule has 1 aromatic carbocycles. The lowest BCUT2D eigenvalue weighted by Gasteiger charge is -2.21. The van der Waals surface area contributed by atoms with Crippen molar-refractivity contribution in [2.45, 2.75) is 33.3 Å². The van der Waals surface area contributed by atoms with Gasteiger partial charge in [0.05, 0.1) is 5.69 Å². The van der Waals surface area contributed by atoms with Gasteiger partial charge in [-0.2, -0.15) is 4.98 Å². The highest BCUT2D eigenvalue weighted by Crippen LogP contribution is 2.29. The van der Waals surface area contributed by atoms with Gasteiger partial charge in [0, 0.05) is 11.1 Å². The smallest absolute Gasteiger partial charge is 0.241 e. The number of rotatable bonds is 3. The molecule has 0 fully saturated rings. The molecular weight excluding hydrogens is 288 g/mol. The van der Waals surface area contributed by atoms with Crippen molar-refractivity contribution < 1.29 is 9.47 Å². The highest BCUT2D eigenvalue weighted by Gasteiger charge is 2.16. The minimum atomic E-state index is -0.378. The van der Waals surface area contributed by atoms with Gasteiger partial charge in [-0.05, 0) is 57.5 Å². The van der Waals surface area contributed by atoms with Crippen LogP contribution in [0.15, 0.2) is 30.3 Å². The van der Waals surface area contributed by atoms with Gasteiger partial charge < -0.3 is 15.2 Å². The molecule has 0 bridgehead atoms. The lowest BCUT2D eigenvalue weighted by molar-refractivity contribution is 0.124. The molecule has 21 heavy (non-hydrogen) atoms. The fraction of sp³-hybridized carbons (Fsp3) is 0.312. The standard InChI is InChI=1S/C16H19ClN2O2/c1-10-9-11(5-6-12(10)17)20-14-8-7-13(18)15(19-14)21-16(2,3)4/h5-9H,18H2,1-4H3. The molecule has 0 aliphatic heterocycles. The quantitative estimate of drug-likeness (QED) is 0.900. The predicted molar refractivity (Wildman–Crippen MR) is 85.3 cm³/mol. The summed E-state index contributed by atoms with van der Waals surface area (Å²) in [6.07, 6.45) is 0. The van der Waals surface area contributed by atoms with Gasteiger partial charge in [-0.1, -0.05) is 11.6 Å². The van der Waals surface area contributed by atoms with E-state index in [2.05, 4.69) is 4.98 Å². The Balaban J connectivity index is 2.24. The maximum Gasteiger partial charge on any atom is 0.241 e. The van der Waals surface area contributed by atoms with Crippen LogP contribution in [0.2, 0.25) is 5.02 Å². The van der Waals surface area contributed by atoms with Crippen LogP contribution in [0.5, 0.6) is 17.5 Å².